The molecule has 0 heterocycles. The van der Waals surface area contributed by atoms with Crippen LogP contribution in [0.1, 0.15) is 0 Å². The summed E-state index contributed by atoms with van der Waals surface area (Å²) in [6, 6.07) is 0. The molecule has 4 heavy (non-hydrogen) atoms. The molecule has 0 fully saturated rings. The summed E-state index contributed by atoms with van der Waals surface area (Å²) in [6.07, 6.45) is 0. The standard InChI is InChI=1S/CHO2.Al/c2-1-3;/h(H,2,3);/q;+2. The fourth-order valence-corrected chi connectivity index (χ4v) is 0. The minimum absolute atomic E-state index is 0.917. The summed E-state index contributed by atoms with van der Waals surface area (Å²) in [7, 11) is 0. The Hall–Kier alpha value is 0.00247. The van der Waals surface area contributed by atoms with Crippen LogP contribution < -0.4 is 0 Å². The van der Waals surface area contributed by atoms with E-state index in [2.05, 4.69) is 0 Å². The zero-order valence-corrected chi connectivity index (χ0v) is 3.09. The third-order valence-corrected chi connectivity index (χ3v) is 0. The van der Waals surface area contributed by atoms with Gasteiger partial charge < -0.3 is 0 Å². The molecule has 0 amide bonds. The summed E-state index contributed by atoms with van der Waals surface area (Å²) in [5, 5.41) is 7.38. The number of carbonyl (C=O) groups is 1. The van der Waals surface area contributed by atoms with E-state index in [0.717, 1.165) is 0 Å². The van der Waals surface area contributed by atoms with E-state index in [-0.39, 0.29) is 0 Å². The molecule has 0 radical (unpaired) electrons. The molecule has 0 aliphatic heterocycles. The van der Waals surface area contributed by atoms with Gasteiger partial charge in [-0.05, 0) is 0 Å². The molecule has 0 saturated carbocycles. The van der Waals surface area contributed by atoms with Crippen LogP contribution in [0.3, 0.4) is 0 Å². The Bertz CT molecular complexity index is 29.0. The fourth-order valence-electron chi connectivity index (χ4n) is 0. The van der Waals surface area contributed by atoms with Gasteiger partial charge in [0.1, 0.15) is 0 Å². The normalized spacial score (nSPS) is 6.50. The van der Waals surface area contributed by atoms with Crippen LogP contribution >= 0.6 is 0 Å². The number of carboxylic acid groups (broad SMARTS) is 1. The van der Waals surface area contributed by atoms with E-state index in [0.29, 0.717) is 0 Å². The van der Waals surface area contributed by atoms with Crippen molar-refractivity contribution in [2.75, 3.05) is 0 Å². The third kappa shape index (κ3) is 331000. The zero-order chi connectivity index (χ0) is 3.58. The van der Waals surface area contributed by atoms with Gasteiger partial charge in [-0.25, -0.2) is 0 Å². The number of hydrogen-bond donors (Lipinski definition) is 1. The van der Waals surface area contributed by atoms with Gasteiger partial charge in [-0.15, -0.1) is 0 Å². The average Bonchev–Trinajstić information content (AvgIpc) is 0.811. The van der Waals surface area contributed by atoms with Gasteiger partial charge in [0.2, 0.25) is 0 Å². The molecule has 0 rings (SSSR count). The molecular formula is CHAlO2+2. The maximum absolute atomic E-state index is 8.96. The third-order valence-electron chi connectivity index (χ3n) is 0. The van der Waals surface area contributed by atoms with Crippen molar-refractivity contribution >= 4 is 21.1 Å². The van der Waals surface area contributed by atoms with E-state index in [1.807, 2.05) is 0 Å². The van der Waals surface area contributed by atoms with E-state index >= 15 is 0 Å². The van der Waals surface area contributed by atoms with Crippen LogP contribution in [-0.2, 0) is 0 Å². The van der Waals surface area contributed by atoms with Crippen LogP contribution in [0.5, 0.6) is 0 Å². The monoisotopic (exact) mass is 72.0 g/mol. The molecule has 0 saturated heterocycles. The molecule has 2 nitrogen and oxygen atoms in total. The predicted octanol–water partition coefficient (Wildman–Crippen LogP) is -0.167. The van der Waals surface area contributed by atoms with E-state index in [9.17, 15) is 0 Å². The van der Waals surface area contributed by atoms with Gasteiger partial charge in [0.15, 0.2) is 0 Å². The van der Waals surface area contributed by atoms with Crippen LogP contribution in [-0.4, -0.2) is 26.2 Å². The van der Waals surface area contributed by atoms with E-state index < -0.39 is 4.83 Å². The molecule has 3 heteroatoms. The van der Waals surface area contributed by atoms with Crippen LogP contribution in [0.15, 0.2) is 0 Å². The summed E-state index contributed by atoms with van der Waals surface area (Å²) in [4.78, 5) is 8.05. The first kappa shape index (κ1) is 4.00. The zero-order valence-electron chi connectivity index (χ0n) is 1.93. The quantitative estimate of drug-likeness (QED) is 0.403. The summed E-state index contributed by atoms with van der Waals surface area (Å²) in [5.74, 6) is 0. The molecule has 1 N–H and O–H groups in total. The summed E-state index contributed by atoms with van der Waals surface area (Å²) < 4.78 is 0. The van der Waals surface area contributed by atoms with Crippen molar-refractivity contribution in [3.8, 4) is 0 Å². The van der Waals surface area contributed by atoms with Crippen LogP contribution in [0, 0.1) is 0 Å². The summed E-state index contributed by atoms with van der Waals surface area (Å²) in [5.41, 5.74) is 0. The van der Waals surface area contributed by atoms with Crippen LogP contribution in [0.4, 0.5) is 4.79 Å². The first-order valence-electron chi connectivity index (χ1n) is 0.716. The van der Waals surface area contributed by atoms with Gasteiger partial charge in [-0.3, -0.25) is 0 Å². The van der Waals surface area contributed by atoms with Gasteiger partial charge in [-0.2, -0.15) is 0 Å². The molecule has 0 bridgehead atoms. The van der Waals surface area contributed by atoms with Crippen molar-refractivity contribution in [2.24, 2.45) is 0 Å². The van der Waals surface area contributed by atoms with E-state index in [1.165, 1.54) is 0 Å². The summed E-state index contributed by atoms with van der Waals surface area (Å²) >= 11 is 1.57. The second kappa shape index (κ2) is 1.34. The van der Waals surface area contributed by atoms with Crippen LogP contribution in [0.2, 0.25) is 0 Å². The maximum atomic E-state index is 8.96. The first-order valence-corrected chi connectivity index (χ1v) is 1.29. The molecule has 0 aromatic heterocycles. The Morgan fingerprint density at radius 2 is 2.00 bits per heavy atom. The molecule has 0 aromatic rings. The Morgan fingerprint density at radius 1 is 2.00 bits per heavy atom. The van der Waals surface area contributed by atoms with Crippen molar-refractivity contribution in [1.29, 1.82) is 0 Å². The molecule has 0 aliphatic carbocycles. The van der Waals surface area contributed by atoms with Gasteiger partial charge in [0.25, 0.3) is 0 Å². The SMILES string of the molecule is O=[C](O)[Al+2]. The Balaban J connectivity index is 2.80. The Kier molecular flexibility index (Phi) is 1.34. The van der Waals surface area contributed by atoms with Gasteiger partial charge in [0.05, 0.1) is 0 Å². The first-order chi connectivity index (χ1) is 1.73. The van der Waals surface area contributed by atoms with Crippen molar-refractivity contribution < 1.29 is 9.90 Å². The number of rotatable bonds is 0. The van der Waals surface area contributed by atoms with E-state index in [1.54, 1.807) is 16.3 Å². The van der Waals surface area contributed by atoms with Crippen LogP contribution in [0.25, 0.3) is 0 Å². The minimum atomic E-state index is -0.917. The Morgan fingerprint density at radius 3 is 2.00 bits per heavy atom. The van der Waals surface area contributed by atoms with Crippen molar-refractivity contribution in [3.05, 3.63) is 0 Å². The molecule has 0 aliphatic rings. The average molecular weight is 72.0 g/mol. The molecule has 0 atom stereocenters. The summed E-state index contributed by atoms with van der Waals surface area (Å²) in [6.45, 7) is 0. The predicted molar refractivity (Wildman–Crippen MR) is 13.8 cm³/mol. The van der Waals surface area contributed by atoms with Crippen molar-refractivity contribution in [1.82, 2.24) is 0 Å². The van der Waals surface area contributed by atoms with Gasteiger partial charge in [0, 0.05) is 0 Å². The second-order valence-electron chi connectivity index (χ2n) is 0.338. The Labute approximate surface area is 31.9 Å². The topological polar surface area (TPSA) is 37.3 Å². The molecule has 0 aromatic carbocycles. The number of hydrogen-bond acceptors (Lipinski definition) is 1. The van der Waals surface area contributed by atoms with Gasteiger partial charge >= 0.3 is 31.0 Å². The molecule has 18 valence electrons. The van der Waals surface area contributed by atoms with Crippen molar-refractivity contribution in [3.63, 3.8) is 0 Å². The van der Waals surface area contributed by atoms with E-state index in [4.69, 9.17) is 9.90 Å². The molecule has 0 spiro atoms. The van der Waals surface area contributed by atoms with Gasteiger partial charge in [-0.1, -0.05) is 0 Å². The molecular weight excluding hydrogens is 71.0 g/mol. The molecule has 0 unspecified atom stereocenters. The van der Waals surface area contributed by atoms with Crippen molar-refractivity contribution in [2.45, 2.75) is 0 Å². The second-order valence-corrected chi connectivity index (χ2v) is 0.832. The fraction of sp³-hybridized carbons (Fsp3) is 0.